The van der Waals surface area contributed by atoms with Crippen molar-refractivity contribution in [2.24, 2.45) is 11.8 Å². The fraction of sp³-hybridized carbons (Fsp3) is 0.341. The van der Waals surface area contributed by atoms with Gasteiger partial charge in [-0.25, -0.2) is 0 Å². The van der Waals surface area contributed by atoms with Crippen molar-refractivity contribution in [1.29, 1.82) is 0 Å². The molecule has 0 unspecified atom stereocenters. The minimum atomic E-state index is -2.19. The number of hydrogen-bond acceptors (Lipinski definition) is 5. The number of likely N-dealkylation sites (tertiary alicyclic amines) is 1. The summed E-state index contributed by atoms with van der Waals surface area (Å²) in [6.07, 6.45) is -0.339. The van der Waals surface area contributed by atoms with E-state index in [9.17, 15) is 9.59 Å². The molecule has 0 radical (unpaired) electrons. The van der Waals surface area contributed by atoms with Gasteiger partial charge in [-0.2, -0.15) is 0 Å². The summed E-state index contributed by atoms with van der Waals surface area (Å²) in [6.45, 7) is 14.8. The largest absolute Gasteiger partial charge is 0.443 e. The lowest BCUT2D eigenvalue weighted by Crippen LogP contribution is -2.69. The van der Waals surface area contributed by atoms with Crippen molar-refractivity contribution in [2.75, 3.05) is 6.54 Å². The Morgan fingerprint density at radius 2 is 1.19 bits per heavy atom. The van der Waals surface area contributed by atoms with Crippen molar-refractivity contribution in [3.05, 3.63) is 144 Å². The molecule has 48 heavy (non-hydrogen) atoms. The summed E-state index contributed by atoms with van der Waals surface area (Å²) >= 11 is 6.03. The van der Waals surface area contributed by atoms with Gasteiger partial charge >= 0.3 is 5.97 Å². The van der Waals surface area contributed by atoms with Crippen molar-refractivity contribution >= 4 is 37.3 Å². The molecule has 0 aliphatic carbocycles. The summed E-state index contributed by atoms with van der Waals surface area (Å²) in [5.41, 5.74) is 2.16. The van der Waals surface area contributed by atoms with Crippen LogP contribution in [-0.4, -0.2) is 48.6 Å². The van der Waals surface area contributed by atoms with Crippen LogP contribution in [0.4, 0.5) is 0 Å². The van der Waals surface area contributed by atoms with Gasteiger partial charge in [0.25, 0.3) is 0 Å². The van der Waals surface area contributed by atoms with Crippen molar-refractivity contribution in [2.45, 2.75) is 70.5 Å². The number of hydrogen-bond donors (Lipinski definition) is 0. The molecule has 1 fully saturated rings. The molecule has 1 aliphatic heterocycles. The number of rotatable bonds is 12. The molecule has 0 aromatic heterocycles. The molecule has 4 aromatic carbocycles. The van der Waals surface area contributed by atoms with E-state index in [-0.39, 0.29) is 35.6 Å². The first-order valence-corrected chi connectivity index (χ1v) is 20.1. The lowest BCUT2D eigenvalue weighted by atomic mass is 9.74. The standard InChI is InChI=1S/C41H47NO4SSi/c1-29(38(47)31-20-12-8-13-21-31)37-36(30(2)46-48(6,7)40(3,4)5)39(44)42(37)28-35(43)45-41(32-22-14-9-15-23-32,33-24-16-10-17-25-33)34-26-18-11-19-27-34/h8-27,29-30,36-37H,28H2,1-7H3/t29-,30-,36-,37-/m1/s1. The second-order valence-corrected chi connectivity index (χ2v) is 19.5. The number of nitrogens with zero attached hydrogens (tertiary/aromatic N) is 1. The number of esters is 1. The van der Waals surface area contributed by atoms with E-state index in [1.807, 2.05) is 128 Å². The predicted molar refractivity (Wildman–Crippen MR) is 199 cm³/mol. The van der Waals surface area contributed by atoms with Crippen molar-refractivity contribution < 1.29 is 18.8 Å². The van der Waals surface area contributed by atoms with E-state index in [1.54, 1.807) is 4.90 Å². The third-order valence-electron chi connectivity index (χ3n) is 10.2. The zero-order chi connectivity index (χ0) is 34.7. The van der Waals surface area contributed by atoms with Gasteiger partial charge in [-0.3, -0.25) is 9.59 Å². The van der Waals surface area contributed by atoms with Crippen LogP contribution in [0, 0.1) is 11.8 Å². The van der Waals surface area contributed by atoms with Crippen molar-refractivity contribution in [3.63, 3.8) is 0 Å². The highest BCUT2D eigenvalue weighted by Gasteiger charge is 2.56. The number of β-lactam (4-membered cyclic amide) rings is 1. The van der Waals surface area contributed by atoms with Crippen LogP contribution in [0.25, 0.3) is 0 Å². The molecule has 1 aliphatic rings. The lowest BCUT2D eigenvalue weighted by molar-refractivity contribution is -0.175. The van der Waals surface area contributed by atoms with E-state index in [0.29, 0.717) is 0 Å². The Hall–Kier alpha value is -3.91. The molecule has 0 N–H and O–H groups in total. The van der Waals surface area contributed by atoms with Gasteiger partial charge in [-0.1, -0.05) is 161 Å². The van der Waals surface area contributed by atoms with Gasteiger partial charge in [-0.05, 0) is 30.6 Å². The summed E-state index contributed by atoms with van der Waals surface area (Å²) < 4.78 is 13.4. The number of carbonyl (C=O) groups excluding carboxylic acids is 2. The van der Waals surface area contributed by atoms with E-state index in [4.69, 9.17) is 21.4 Å². The van der Waals surface area contributed by atoms with E-state index < -0.39 is 25.8 Å². The fourth-order valence-corrected chi connectivity index (χ4v) is 8.32. The first-order valence-electron chi connectivity index (χ1n) is 16.7. The van der Waals surface area contributed by atoms with E-state index in [0.717, 1.165) is 27.1 Å². The Kier molecular flexibility index (Phi) is 10.5. The van der Waals surface area contributed by atoms with Crippen LogP contribution in [0.5, 0.6) is 0 Å². The molecule has 0 saturated carbocycles. The summed E-state index contributed by atoms with van der Waals surface area (Å²) in [6, 6.07) is 38.9. The maximum atomic E-state index is 14.3. The molecule has 0 bridgehead atoms. The summed E-state index contributed by atoms with van der Waals surface area (Å²) in [5, 5.41) is -0.0202. The van der Waals surface area contributed by atoms with Gasteiger partial charge in [0.2, 0.25) is 5.91 Å². The van der Waals surface area contributed by atoms with E-state index >= 15 is 0 Å². The third-order valence-corrected chi connectivity index (χ3v) is 15.4. The topological polar surface area (TPSA) is 55.8 Å². The summed E-state index contributed by atoms with van der Waals surface area (Å²) in [7, 11) is -2.19. The maximum Gasteiger partial charge on any atom is 0.327 e. The zero-order valence-electron chi connectivity index (χ0n) is 29.1. The normalized spacial score (nSPS) is 18.1. The maximum absolute atomic E-state index is 14.3. The van der Waals surface area contributed by atoms with Crippen LogP contribution in [0.3, 0.4) is 0 Å². The van der Waals surface area contributed by atoms with Crippen LogP contribution >= 0.6 is 12.2 Å². The van der Waals surface area contributed by atoms with Crippen molar-refractivity contribution in [3.8, 4) is 0 Å². The van der Waals surface area contributed by atoms with E-state index in [1.165, 1.54) is 0 Å². The average molecular weight is 678 g/mol. The SMILES string of the molecule is C[C@@H](O[Si](C)(C)C(C)(C)C)[C@H]1C(=O)N(CC(=O)OC(c2ccccc2)(c2ccccc2)c2ccccc2)[C@@H]1[C@@H](C)C(=S)c1ccccc1. The van der Waals surface area contributed by atoms with Gasteiger partial charge in [0.1, 0.15) is 6.54 Å². The second kappa shape index (κ2) is 14.3. The van der Waals surface area contributed by atoms with Gasteiger partial charge in [-0.15, -0.1) is 0 Å². The Morgan fingerprint density at radius 1 is 0.771 bits per heavy atom. The van der Waals surface area contributed by atoms with Crippen LogP contribution in [0.15, 0.2) is 121 Å². The number of ether oxygens (including phenoxy) is 1. The fourth-order valence-electron chi connectivity index (χ4n) is 6.61. The third kappa shape index (κ3) is 6.95. The minimum absolute atomic E-state index is 0.0202. The monoisotopic (exact) mass is 677 g/mol. The lowest BCUT2D eigenvalue weighted by Gasteiger charge is -2.53. The Labute approximate surface area is 292 Å². The molecule has 0 spiro atoms. The minimum Gasteiger partial charge on any atom is -0.443 e. The second-order valence-electron chi connectivity index (χ2n) is 14.3. The highest BCUT2D eigenvalue weighted by molar-refractivity contribution is 7.80. The number of carbonyl (C=O) groups is 2. The molecule has 250 valence electrons. The Morgan fingerprint density at radius 3 is 1.60 bits per heavy atom. The number of benzene rings is 4. The quantitative estimate of drug-likeness (QED) is 0.0375. The van der Waals surface area contributed by atoms with Gasteiger partial charge in [0.15, 0.2) is 13.9 Å². The molecule has 4 atom stereocenters. The van der Waals surface area contributed by atoms with Gasteiger partial charge in [0, 0.05) is 27.5 Å². The number of thiocarbonyl (C=S) groups is 1. The average Bonchev–Trinajstić information content (AvgIpc) is 3.08. The van der Waals surface area contributed by atoms with Crippen LogP contribution in [0.1, 0.15) is 56.9 Å². The molecular formula is C41H47NO4SSi. The van der Waals surface area contributed by atoms with Crippen LogP contribution in [0.2, 0.25) is 18.1 Å². The highest BCUT2D eigenvalue weighted by Crippen LogP contribution is 2.44. The first kappa shape index (κ1) is 35.4. The van der Waals surface area contributed by atoms with Crippen LogP contribution < -0.4 is 0 Å². The Bertz CT molecular complexity index is 1610. The molecule has 1 amide bonds. The summed E-state index contributed by atoms with van der Waals surface area (Å²) in [5.74, 6) is -1.26. The molecule has 4 aromatic rings. The molecule has 7 heteroatoms. The van der Waals surface area contributed by atoms with Gasteiger partial charge < -0.3 is 14.1 Å². The summed E-state index contributed by atoms with van der Waals surface area (Å²) in [4.78, 5) is 30.8. The van der Waals surface area contributed by atoms with Crippen molar-refractivity contribution in [1.82, 2.24) is 4.90 Å². The van der Waals surface area contributed by atoms with E-state index in [2.05, 4.69) is 40.8 Å². The molecule has 5 rings (SSSR count). The predicted octanol–water partition coefficient (Wildman–Crippen LogP) is 8.81. The first-order chi connectivity index (χ1) is 22.8. The van der Waals surface area contributed by atoms with Crippen LogP contribution in [-0.2, 0) is 24.4 Å². The highest BCUT2D eigenvalue weighted by atomic mass is 32.1. The molecular weight excluding hydrogens is 631 g/mol. The molecule has 1 heterocycles. The molecule has 1 saturated heterocycles. The van der Waals surface area contributed by atoms with Gasteiger partial charge in [0.05, 0.1) is 18.1 Å². The zero-order valence-corrected chi connectivity index (χ0v) is 30.9. The molecule has 5 nitrogen and oxygen atoms in total. The Balaban J connectivity index is 1.50. The smallest absolute Gasteiger partial charge is 0.327 e. The number of amides is 1.